The van der Waals surface area contributed by atoms with Crippen LogP contribution in [0, 0.1) is 0 Å². The van der Waals surface area contributed by atoms with E-state index in [1.165, 1.54) is 20.7 Å². The van der Waals surface area contributed by atoms with Gasteiger partial charge in [-0.15, -0.1) is 0 Å². The third-order valence-corrected chi connectivity index (χ3v) is 5.60. The predicted molar refractivity (Wildman–Crippen MR) is 76.3 cm³/mol. The van der Waals surface area contributed by atoms with E-state index >= 15 is 0 Å². The number of carboxylic acid groups (broad SMARTS) is 1. The Kier molecular flexibility index (Phi) is 4.01. The van der Waals surface area contributed by atoms with Crippen LogP contribution in [0.1, 0.15) is 29.8 Å². The number of carbonyl (C=O) groups is 1. The van der Waals surface area contributed by atoms with Gasteiger partial charge in [-0.05, 0) is 24.1 Å². The van der Waals surface area contributed by atoms with Crippen molar-refractivity contribution in [1.82, 2.24) is 4.31 Å². The van der Waals surface area contributed by atoms with Crippen molar-refractivity contribution in [3.63, 3.8) is 0 Å². The van der Waals surface area contributed by atoms with Gasteiger partial charge in [-0.3, -0.25) is 4.31 Å². The zero-order valence-corrected chi connectivity index (χ0v) is 12.4. The minimum absolute atomic E-state index is 0.102. The lowest BCUT2D eigenvalue weighted by molar-refractivity contribution is 0.0697. The normalized spacial score (nSPS) is 14.7. The Morgan fingerprint density at radius 3 is 2.55 bits per heavy atom. The molecule has 0 radical (unpaired) electrons. The zero-order valence-electron chi connectivity index (χ0n) is 11.5. The van der Waals surface area contributed by atoms with Gasteiger partial charge in [0.2, 0.25) is 0 Å². The molecule has 7 heteroatoms. The zero-order chi connectivity index (χ0) is 14.9. The standard InChI is InChI=1S/C13H18N2O4S/c1-3-14(4-2)20(18,19)15-8-7-10-5-6-11(13(16)17)9-12(10)15/h5-6,9H,3-4,7-8H2,1-2H3,(H,16,17). The highest BCUT2D eigenvalue weighted by Crippen LogP contribution is 2.32. The highest BCUT2D eigenvalue weighted by molar-refractivity contribution is 7.90. The van der Waals surface area contributed by atoms with Crippen LogP contribution in [0.15, 0.2) is 18.2 Å². The summed E-state index contributed by atoms with van der Waals surface area (Å²) in [5, 5.41) is 9.03. The van der Waals surface area contributed by atoms with Crippen molar-refractivity contribution >= 4 is 21.9 Å². The second-order valence-corrected chi connectivity index (χ2v) is 6.42. The third-order valence-electron chi connectivity index (χ3n) is 3.50. The lowest BCUT2D eigenvalue weighted by atomic mass is 10.1. The van der Waals surface area contributed by atoms with E-state index in [4.69, 9.17) is 5.11 Å². The minimum atomic E-state index is -3.58. The average molecular weight is 298 g/mol. The Bertz CT molecular complexity index is 623. The van der Waals surface area contributed by atoms with Gasteiger partial charge in [-0.2, -0.15) is 12.7 Å². The molecular weight excluding hydrogens is 280 g/mol. The molecule has 1 N–H and O–H groups in total. The van der Waals surface area contributed by atoms with Crippen molar-refractivity contribution in [2.75, 3.05) is 23.9 Å². The van der Waals surface area contributed by atoms with Gasteiger partial charge in [0.05, 0.1) is 11.3 Å². The van der Waals surface area contributed by atoms with Crippen LogP contribution >= 0.6 is 0 Å². The number of anilines is 1. The van der Waals surface area contributed by atoms with Gasteiger partial charge >= 0.3 is 16.2 Å². The molecule has 6 nitrogen and oxygen atoms in total. The van der Waals surface area contributed by atoms with E-state index < -0.39 is 16.2 Å². The molecule has 1 aliphatic heterocycles. The number of hydrogen-bond acceptors (Lipinski definition) is 3. The van der Waals surface area contributed by atoms with E-state index in [9.17, 15) is 13.2 Å². The summed E-state index contributed by atoms with van der Waals surface area (Å²) in [5.74, 6) is -1.06. The van der Waals surface area contributed by atoms with E-state index in [0.717, 1.165) is 5.56 Å². The highest BCUT2D eigenvalue weighted by atomic mass is 32.2. The number of fused-ring (bicyclic) bond motifs is 1. The van der Waals surface area contributed by atoms with Gasteiger partial charge in [-0.1, -0.05) is 19.9 Å². The number of nitrogens with zero attached hydrogens (tertiary/aromatic N) is 2. The molecule has 0 aliphatic carbocycles. The Hall–Kier alpha value is -1.60. The van der Waals surface area contributed by atoms with Crippen LogP contribution in [0.2, 0.25) is 0 Å². The molecule has 0 unspecified atom stereocenters. The van der Waals surface area contributed by atoms with Gasteiger partial charge in [0.25, 0.3) is 0 Å². The minimum Gasteiger partial charge on any atom is -0.478 e. The molecule has 110 valence electrons. The van der Waals surface area contributed by atoms with Gasteiger partial charge in [-0.25, -0.2) is 4.79 Å². The molecule has 1 aromatic rings. The molecule has 2 rings (SSSR count). The summed E-state index contributed by atoms with van der Waals surface area (Å²) in [6.07, 6.45) is 0.607. The number of aromatic carboxylic acids is 1. The van der Waals surface area contributed by atoms with Crippen molar-refractivity contribution in [3.05, 3.63) is 29.3 Å². The van der Waals surface area contributed by atoms with Crippen LogP contribution in [0.25, 0.3) is 0 Å². The fourth-order valence-electron chi connectivity index (χ4n) is 2.41. The quantitative estimate of drug-likeness (QED) is 0.889. The largest absolute Gasteiger partial charge is 0.478 e. The first kappa shape index (κ1) is 14.8. The van der Waals surface area contributed by atoms with Crippen LogP contribution in [-0.2, 0) is 16.6 Å². The summed E-state index contributed by atoms with van der Waals surface area (Å²) in [6, 6.07) is 4.64. The second-order valence-electron chi connectivity index (χ2n) is 4.56. The molecule has 1 aromatic carbocycles. The topological polar surface area (TPSA) is 77.9 Å². The van der Waals surface area contributed by atoms with Crippen molar-refractivity contribution in [2.24, 2.45) is 0 Å². The van der Waals surface area contributed by atoms with Gasteiger partial charge in [0.1, 0.15) is 0 Å². The first-order chi connectivity index (χ1) is 9.41. The van der Waals surface area contributed by atoms with Crippen LogP contribution in [0.4, 0.5) is 5.69 Å². The van der Waals surface area contributed by atoms with Crippen LogP contribution < -0.4 is 4.31 Å². The first-order valence-electron chi connectivity index (χ1n) is 6.55. The number of hydrogen-bond donors (Lipinski definition) is 1. The maximum Gasteiger partial charge on any atom is 0.335 e. The molecule has 0 saturated heterocycles. The maximum atomic E-state index is 12.5. The highest BCUT2D eigenvalue weighted by Gasteiger charge is 2.33. The molecule has 20 heavy (non-hydrogen) atoms. The van der Waals surface area contributed by atoms with E-state index in [2.05, 4.69) is 0 Å². The lowest BCUT2D eigenvalue weighted by Crippen LogP contribution is -2.43. The number of benzene rings is 1. The summed E-state index contributed by atoms with van der Waals surface area (Å²) in [7, 11) is -3.58. The molecule has 0 bridgehead atoms. The van der Waals surface area contributed by atoms with E-state index in [1.807, 2.05) is 0 Å². The van der Waals surface area contributed by atoms with Gasteiger partial charge in [0.15, 0.2) is 0 Å². The molecular formula is C13H18N2O4S. The lowest BCUT2D eigenvalue weighted by Gasteiger charge is -2.27. The fraction of sp³-hybridized carbons (Fsp3) is 0.462. The van der Waals surface area contributed by atoms with Gasteiger partial charge < -0.3 is 5.11 Å². The smallest absolute Gasteiger partial charge is 0.335 e. The van der Waals surface area contributed by atoms with Crippen LogP contribution in [0.5, 0.6) is 0 Å². The summed E-state index contributed by atoms with van der Waals surface area (Å²) in [6.45, 7) is 4.71. The molecule has 0 saturated carbocycles. The van der Waals surface area contributed by atoms with Crippen LogP contribution in [-0.4, -0.2) is 43.4 Å². The third kappa shape index (κ3) is 2.38. The molecule has 1 aliphatic rings. The van der Waals surface area contributed by atoms with Gasteiger partial charge in [0, 0.05) is 19.6 Å². The number of rotatable bonds is 5. The molecule has 0 spiro atoms. The fourth-order valence-corrected chi connectivity index (χ4v) is 4.08. The van der Waals surface area contributed by atoms with E-state index in [-0.39, 0.29) is 5.56 Å². The van der Waals surface area contributed by atoms with Crippen molar-refractivity contribution in [1.29, 1.82) is 0 Å². The van der Waals surface area contributed by atoms with E-state index in [0.29, 0.717) is 31.7 Å². The molecule has 0 aromatic heterocycles. The molecule has 0 atom stereocenters. The van der Waals surface area contributed by atoms with Crippen molar-refractivity contribution < 1.29 is 18.3 Å². The van der Waals surface area contributed by atoms with Crippen molar-refractivity contribution in [3.8, 4) is 0 Å². The Balaban J connectivity index is 2.45. The monoisotopic (exact) mass is 298 g/mol. The molecule has 0 fully saturated rings. The Morgan fingerprint density at radius 1 is 1.35 bits per heavy atom. The van der Waals surface area contributed by atoms with Crippen molar-refractivity contribution in [2.45, 2.75) is 20.3 Å². The molecule has 0 amide bonds. The van der Waals surface area contributed by atoms with Crippen LogP contribution in [0.3, 0.4) is 0 Å². The number of carboxylic acids is 1. The molecule has 1 heterocycles. The Morgan fingerprint density at radius 2 is 2.00 bits per heavy atom. The summed E-state index contributed by atoms with van der Waals surface area (Å²) in [4.78, 5) is 11.0. The summed E-state index contributed by atoms with van der Waals surface area (Å²) >= 11 is 0. The average Bonchev–Trinajstić information content (AvgIpc) is 2.83. The van der Waals surface area contributed by atoms with E-state index in [1.54, 1.807) is 19.9 Å². The predicted octanol–water partition coefficient (Wildman–Crippen LogP) is 1.33. The Labute approximate surface area is 118 Å². The SMILES string of the molecule is CCN(CC)S(=O)(=O)N1CCc2ccc(C(=O)O)cc21. The second kappa shape index (κ2) is 5.41. The summed E-state index contributed by atoms with van der Waals surface area (Å²) in [5.41, 5.74) is 1.45. The summed E-state index contributed by atoms with van der Waals surface area (Å²) < 4.78 is 27.8. The maximum absolute atomic E-state index is 12.5. The first-order valence-corrected chi connectivity index (χ1v) is 7.95.